The normalized spacial score (nSPS) is 13.5. The third-order valence-corrected chi connectivity index (χ3v) is 3.82. The predicted octanol–water partition coefficient (Wildman–Crippen LogP) is 1.25. The summed E-state index contributed by atoms with van der Waals surface area (Å²) < 4.78 is 57.7. The second kappa shape index (κ2) is 6.27. The van der Waals surface area contributed by atoms with Crippen LogP contribution in [0.15, 0.2) is 17.0 Å². The molecular formula is C11H16F2N2O3S. The van der Waals surface area contributed by atoms with Gasteiger partial charge in [0.1, 0.15) is 4.90 Å². The summed E-state index contributed by atoms with van der Waals surface area (Å²) in [7, 11) is -4.19. The summed E-state index contributed by atoms with van der Waals surface area (Å²) in [6.45, 7) is 3.86. The summed E-state index contributed by atoms with van der Waals surface area (Å²) in [4.78, 5) is -0.812. The molecule has 0 aliphatic heterocycles. The lowest BCUT2D eigenvalue weighted by atomic mass is 10.3. The minimum atomic E-state index is -4.19. The Hall–Kier alpha value is -1.25. The molecule has 0 saturated carbocycles. The summed E-state index contributed by atoms with van der Waals surface area (Å²) in [6, 6.07) is 1.01. The van der Waals surface area contributed by atoms with Gasteiger partial charge in [0.25, 0.3) is 0 Å². The molecule has 1 aromatic rings. The smallest absolute Gasteiger partial charge is 0.243 e. The molecule has 108 valence electrons. The van der Waals surface area contributed by atoms with Crippen LogP contribution in [0, 0.1) is 11.6 Å². The Morgan fingerprint density at radius 2 is 2.05 bits per heavy atom. The molecule has 0 aliphatic rings. The number of nitrogens with two attached hydrogens (primary N) is 1. The van der Waals surface area contributed by atoms with Gasteiger partial charge in [0.15, 0.2) is 11.6 Å². The van der Waals surface area contributed by atoms with Gasteiger partial charge in [-0.05, 0) is 26.0 Å². The fraction of sp³-hybridized carbons (Fsp3) is 0.455. The van der Waals surface area contributed by atoms with E-state index in [1.54, 1.807) is 13.8 Å². The Balaban J connectivity index is 3.01. The standard InChI is InChI=1S/C11H16F2N2O3S/c1-3-18-6-7(2)15-19(16,17)10-5-8(14)4-9(12)11(10)13/h4-5,7,15H,3,6,14H2,1-2H3. The molecule has 5 nitrogen and oxygen atoms in total. The summed E-state index contributed by atoms with van der Waals surface area (Å²) in [6.07, 6.45) is 0. The molecule has 0 heterocycles. The van der Waals surface area contributed by atoms with Gasteiger partial charge >= 0.3 is 0 Å². The highest BCUT2D eigenvalue weighted by molar-refractivity contribution is 7.89. The van der Waals surface area contributed by atoms with Gasteiger partial charge in [-0.1, -0.05) is 0 Å². The van der Waals surface area contributed by atoms with Crippen molar-refractivity contribution in [3.63, 3.8) is 0 Å². The zero-order valence-corrected chi connectivity index (χ0v) is 11.4. The van der Waals surface area contributed by atoms with Crippen LogP contribution >= 0.6 is 0 Å². The van der Waals surface area contributed by atoms with Crippen molar-refractivity contribution in [2.75, 3.05) is 18.9 Å². The number of halogens is 2. The maximum atomic E-state index is 13.5. The van der Waals surface area contributed by atoms with E-state index in [2.05, 4.69) is 4.72 Å². The molecule has 1 unspecified atom stereocenters. The van der Waals surface area contributed by atoms with E-state index >= 15 is 0 Å². The predicted molar refractivity (Wildman–Crippen MR) is 67.0 cm³/mol. The zero-order chi connectivity index (χ0) is 14.6. The van der Waals surface area contributed by atoms with Crippen LogP contribution in [0.25, 0.3) is 0 Å². The van der Waals surface area contributed by atoms with E-state index in [1.807, 2.05) is 0 Å². The van der Waals surface area contributed by atoms with Crippen LogP contribution < -0.4 is 10.5 Å². The van der Waals surface area contributed by atoms with Crippen LogP contribution in [-0.4, -0.2) is 27.7 Å². The quantitative estimate of drug-likeness (QED) is 0.774. The van der Waals surface area contributed by atoms with Gasteiger partial charge in [0.05, 0.1) is 6.61 Å². The number of nitrogen functional groups attached to an aromatic ring is 1. The highest BCUT2D eigenvalue weighted by atomic mass is 32.2. The van der Waals surface area contributed by atoms with E-state index in [0.717, 1.165) is 12.1 Å². The number of benzene rings is 1. The van der Waals surface area contributed by atoms with Crippen molar-refractivity contribution in [1.82, 2.24) is 4.72 Å². The molecule has 0 spiro atoms. The summed E-state index contributed by atoms with van der Waals surface area (Å²) >= 11 is 0. The lowest BCUT2D eigenvalue weighted by molar-refractivity contribution is 0.133. The molecule has 1 atom stereocenters. The van der Waals surface area contributed by atoms with E-state index in [9.17, 15) is 17.2 Å². The number of ether oxygens (including phenoxy) is 1. The van der Waals surface area contributed by atoms with E-state index in [1.165, 1.54) is 0 Å². The Labute approximate surface area is 110 Å². The molecule has 3 N–H and O–H groups in total. The fourth-order valence-corrected chi connectivity index (χ4v) is 2.79. The summed E-state index contributed by atoms with van der Waals surface area (Å²) in [5, 5.41) is 0. The zero-order valence-electron chi connectivity index (χ0n) is 10.6. The minimum Gasteiger partial charge on any atom is -0.399 e. The molecule has 0 amide bonds. The number of sulfonamides is 1. The lowest BCUT2D eigenvalue weighted by Crippen LogP contribution is -2.36. The molecule has 0 aliphatic carbocycles. The third kappa shape index (κ3) is 4.12. The molecule has 0 bridgehead atoms. The Morgan fingerprint density at radius 3 is 2.63 bits per heavy atom. The molecule has 0 radical (unpaired) electrons. The number of hydrogen-bond acceptors (Lipinski definition) is 4. The number of hydrogen-bond donors (Lipinski definition) is 2. The van der Waals surface area contributed by atoms with E-state index in [0.29, 0.717) is 6.61 Å². The third-order valence-electron chi connectivity index (χ3n) is 2.23. The minimum absolute atomic E-state index is 0.127. The molecule has 0 saturated heterocycles. The lowest BCUT2D eigenvalue weighted by Gasteiger charge is -2.14. The Kier molecular flexibility index (Phi) is 5.21. The first-order valence-corrected chi connectivity index (χ1v) is 7.10. The first-order valence-electron chi connectivity index (χ1n) is 5.62. The maximum absolute atomic E-state index is 13.5. The number of rotatable bonds is 6. The molecule has 1 rings (SSSR count). The second-order valence-electron chi connectivity index (χ2n) is 4.00. The summed E-state index contributed by atoms with van der Waals surface area (Å²) in [5.74, 6) is -2.76. The number of anilines is 1. The van der Waals surface area contributed by atoms with Crippen LogP contribution in [0.1, 0.15) is 13.8 Å². The van der Waals surface area contributed by atoms with E-state index in [4.69, 9.17) is 10.5 Å². The van der Waals surface area contributed by atoms with Crippen LogP contribution in [0.4, 0.5) is 14.5 Å². The van der Waals surface area contributed by atoms with Gasteiger partial charge in [-0.15, -0.1) is 0 Å². The maximum Gasteiger partial charge on any atom is 0.243 e. The second-order valence-corrected chi connectivity index (χ2v) is 5.68. The molecule has 0 aromatic heterocycles. The van der Waals surface area contributed by atoms with Gasteiger partial charge < -0.3 is 10.5 Å². The fourth-order valence-electron chi connectivity index (χ4n) is 1.44. The van der Waals surface area contributed by atoms with Gasteiger partial charge in [-0.25, -0.2) is 21.9 Å². The molecule has 8 heteroatoms. The molecule has 19 heavy (non-hydrogen) atoms. The van der Waals surface area contributed by atoms with Crippen LogP contribution in [0.2, 0.25) is 0 Å². The van der Waals surface area contributed by atoms with Gasteiger partial charge in [-0.2, -0.15) is 0 Å². The Bertz CT molecular complexity index is 549. The monoisotopic (exact) mass is 294 g/mol. The average molecular weight is 294 g/mol. The van der Waals surface area contributed by atoms with Crippen molar-refractivity contribution >= 4 is 15.7 Å². The van der Waals surface area contributed by atoms with Crippen molar-refractivity contribution in [3.05, 3.63) is 23.8 Å². The molecule has 1 aromatic carbocycles. The van der Waals surface area contributed by atoms with E-state index in [-0.39, 0.29) is 12.3 Å². The highest BCUT2D eigenvalue weighted by Crippen LogP contribution is 2.21. The highest BCUT2D eigenvalue weighted by Gasteiger charge is 2.24. The van der Waals surface area contributed by atoms with Crippen molar-refractivity contribution < 1.29 is 21.9 Å². The van der Waals surface area contributed by atoms with Crippen molar-refractivity contribution in [2.45, 2.75) is 24.8 Å². The first-order chi connectivity index (χ1) is 8.77. The van der Waals surface area contributed by atoms with Crippen molar-refractivity contribution in [3.8, 4) is 0 Å². The largest absolute Gasteiger partial charge is 0.399 e. The van der Waals surface area contributed by atoms with Gasteiger partial charge in [-0.3, -0.25) is 0 Å². The van der Waals surface area contributed by atoms with Crippen LogP contribution in [0.5, 0.6) is 0 Å². The first kappa shape index (κ1) is 15.8. The number of nitrogens with one attached hydrogen (secondary N) is 1. The summed E-state index contributed by atoms with van der Waals surface area (Å²) in [5.41, 5.74) is 5.14. The molecular weight excluding hydrogens is 278 g/mol. The van der Waals surface area contributed by atoms with E-state index < -0.39 is 32.6 Å². The molecule has 0 fully saturated rings. The van der Waals surface area contributed by atoms with Crippen LogP contribution in [0.3, 0.4) is 0 Å². The average Bonchev–Trinajstić information content (AvgIpc) is 2.30. The van der Waals surface area contributed by atoms with Crippen molar-refractivity contribution in [1.29, 1.82) is 0 Å². The van der Waals surface area contributed by atoms with Crippen molar-refractivity contribution in [2.24, 2.45) is 0 Å². The van der Waals surface area contributed by atoms with Gasteiger partial charge in [0.2, 0.25) is 10.0 Å². The van der Waals surface area contributed by atoms with Gasteiger partial charge in [0, 0.05) is 18.3 Å². The SMILES string of the molecule is CCOCC(C)NS(=O)(=O)c1cc(N)cc(F)c1F. The topological polar surface area (TPSA) is 81.4 Å². The Morgan fingerprint density at radius 1 is 1.42 bits per heavy atom. The van der Waals surface area contributed by atoms with Crippen LogP contribution in [-0.2, 0) is 14.8 Å².